The van der Waals surface area contributed by atoms with Crippen LogP contribution in [-0.4, -0.2) is 44.4 Å². The Morgan fingerprint density at radius 2 is 2.25 bits per heavy atom. The third kappa shape index (κ3) is 2.12. The van der Waals surface area contributed by atoms with E-state index in [1.54, 1.807) is 18.8 Å². The molecule has 1 saturated heterocycles. The fraction of sp³-hybridized carbons (Fsp3) is 1.00. The summed E-state index contributed by atoms with van der Waals surface area (Å²) in [6.45, 7) is 0. The normalized spacial score (nSPS) is 25.1. The maximum absolute atomic E-state index is 11.3. The van der Waals surface area contributed by atoms with Crippen LogP contribution >= 0.6 is 11.8 Å². The standard InChI is InChI=1S/C6H14N2O2S2/c1-7-12(9,10)8(2)6-3-4-11-5-6/h6-7H,3-5H2,1-2H3. The number of nitrogens with zero attached hydrogens (tertiary/aromatic N) is 1. The Morgan fingerprint density at radius 1 is 1.58 bits per heavy atom. The highest BCUT2D eigenvalue weighted by Crippen LogP contribution is 2.22. The minimum absolute atomic E-state index is 0.174. The van der Waals surface area contributed by atoms with Gasteiger partial charge in [-0.1, -0.05) is 0 Å². The van der Waals surface area contributed by atoms with Crippen LogP contribution in [0.2, 0.25) is 0 Å². The van der Waals surface area contributed by atoms with Crippen molar-refractivity contribution in [2.75, 3.05) is 25.6 Å². The van der Waals surface area contributed by atoms with Crippen LogP contribution in [0.25, 0.3) is 0 Å². The molecule has 1 aliphatic rings. The van der Waals surface area contributed by atoms with Gasteiger partial charge in [-0.15, -0.1) is 0 Å². The minimum atomic E-state index is -3.21. The number of hydrogen-bond acceptors (Lipinski definition) is 3. The quantitative estimate of drug-likeness (QED) is 0.707. The Balaban J connectivity index is 2.63. The zero-order chi connectivity index (χ0) is 9.19. The van der Waals surface area contributed by atoms with Crippen LogP contribution in [0.5, 0.6) is 0 Å². The largest absolute Gasteiger partial charge is 0.279 e. The summed E-state index contributed by atoms with van der Waals surface area (Å²) in [7, 11) is -0.146. The van der Waals surface area contributed by atoms with Gasteiger partial charge in [-0.2, -0.15) is 24.5 Å². The van der Waals surface area contributed by atoms with E-state index in [1.165, 1.54) is 11.4 Å². The van der Waals surface area contributed by atoms with Crippen LogP contribution in [0, 0.1) is 0 Å². The first-order valence-corrected chi connectivity index (χ1v) is 6.41. The molecule has 72 valence electrons. The Bertz CT molecular complexity index is 234. The smallest absolute Gasteiger partial charge is 0.205 e. The topological polar surface area (TPSA) is 49.4 Å². The Hall–Kier alpha value is 0.220. The molecule has 0 saturated carbocycles. The van der Waals surface area contributed by atoms with Crippen molar-refractivity contribution in [1.29, 1.82) is 0 Å². The minimum Gasteiger partial charge on any atom is -0.205 e. The van der Waals surface area contributed by atoms with Gasteiger partial charge in [0.1, 0.15) is 0 Å². The average Bonchev–Trinajstić information content (AvgIpc) is 2.55. The molecule has 1 aliphatic heterocycles. The van der Waals surface area contributed by atoms with Crippen molar-refractivity contribution in [2.24, 2.45) is 0 Å². The van der Waals surface area contributed by atoms with Crippen molar-refractivity contribution in [3.8, 4) is 0 Å². The van der Waals surface area contributed by atoms with Crippen LogP contribution in [0.15, 0.2) is 0 Å². The van der Waals surface area contributed by atoms with Gasteiger partial charge in [-0.3, -0.25) is 0 Å². The first-order chi connectivity index (χ1) is 5.58. The fourth-order valence-electron chi connectivity index (χ4n) is 1.15. The monoisotopic (exact) mass is 210 g/mol. The Labute approximate surface area is 77.9 Å². The maximum Gasteiger partial charge on any atom is 0.279 e. The molecular weight excluding hydrogens is 196 g/mol. The van der Waals surface area contributed by atoms with Gasteiger partial charge in [-0.25, -0.2) is 4.72 Å². The van der Waals surface area contributed by atoms with Crippen LogP contribution < -0.4 is 4.72 Å². The molecule has 1 heterocycles. The molecular formula is C6H14N2O2S2. The summed E-state index contributed by atoms with van der Waals surface area (Å²) in [6.07, 6.45) is 0.960. The summed E-state index contributed by atoms with van der Waals surface area (Å²) in [4.78, 5) is 0. The van der Waals surface area contributed by atoms with Crippen molar-refractivity contribution in [1.82, 2.24) is 9.03 Å². The molecule has 0 radical (unpaired) electrons. The molecule has 0 bridgehead atoms. The second-order valence-electron chi connectivity index (χ2n) is 2.74. The van der Waals surface area contributed by atoms with E-state index in [9.17, 15) is 8.42 Å². The van der Waals surface area contributed by atoms with Crippen molar-refractivity contribution in [2.45, 2.75) is 12.5 Å². The van der Waals surface area contributed by atoms with Crippen molar-refractivity contribution in [3.63, 3.8) is 0 Å². The lowest BCUT2D eigenvalue weighted by Gasteiger charge is -2.21. The molecule has 0 aromatic rings. The third-order valence-corrected chi connectivity index (χ3v) is 4.77. The summed E-state index contributed by atoms with van der Waals surface area (Å²) in [5.41, 5.74) is 0. The average molecular weight is 210 g/mol. The molecule has 0 amide bonds. The lowest BCUT2D eigenvalue weighted by atomic mass is 10.3. The Kier molecular flexibility index (Phi) is 3.39. The number of hydrogen-bond donors (Lipinski definition) is 1. The van der Waals surface area contributed by atoms with Gasteiger partial charge >= 0.3 is 0 Å². The van der Waals surface area contributed by atoms with Crippen molar-refractivity contribution in [3.05, 3.63) is 0 Å². The SMILES string of the molecule is CNS(=O)(=O)N(C)C1CCSC1. The highest BCUT2D eigenvalue weighted by Gasteiger charge is 2.27. The van der Waals surface area contributed by atoms with E-state index in [1.807, 2.05) is 0 Å². The molecule has 0 aromatic carbocycles. The molecule has 1 atom stereocenters. The van der Waals surface area contributed by atoms with Crippen LogP contribution in [0.1, 0.15) is 6.42 Å². The van der Waals surface area contributed by atoms with Crippen LogP contribution in [0.4, 0.5) is 0 Å². The van der Waals surface area contributed by atoms with E-state index in [0.717, 1.165) is 17.9 Å². The van der Waals surface area contributed by atoms with E-state index < -0.39 is 10.2 Å². The van der Waals surface area contributed by atoms with E-state index >= 15 is 0 Å². The van der Waals surface area contributed by atoms with Crippen molar-refractivity contribution >= 4 is 22.0 Å². The fourth-order valence-corrected chi connectivity index (χ4v) is 3.37. The van der Waals surface area contributed by atoms with Gasteiger partial charge in [0.15, 0.2) is 0 Å². The molecule has 1 unspecified atom stereocenters. The summed E-state index contributed by atoms with van der Waals surface area (Å²) in [5.74, 6) is 1.98. The van der Waals surface area contributed by atoms with Gasteiger partial charge in [0.2, 0.25) is 0 Å². The van der Waals surface area contributed by atoms with Crippen molar-refractivity contribution < 1.29 is 8.42 Å². The third-order valence-electron chi connectivity index (χ3n) is 2.06. The predicted octanol–water partition coefficient (Wildman–Crippen LogP) is -0.112. The Morgan fingerprint density at radius 3 is 2.67 bits per heavy atom. The molecule has 1 N–H and O–H groups in total. The van der Waals surface area contributed by atoms with Gasteiger partial charge in [0, 0.05) is 25.9 Å². The molecule has 1 fully saturated rings. The van der Waals surface area contributed by atoms with E-state index in [2.05, 4.69) is 4.72 Å². The zero-order valence-corrected chi connectivity index (χ0v) is 8.91. The lowest BCUT2D eigenvalue weighted by Crippen LogP contribution is -2.42. The summed E-state index contributed by atoms with van der Waals surface area (Å²) >= 11 is 1.80. The second kappa shape index (κ2) is 3.95. The molecule has 1 rings (SSSR count). The van der Waals surface area contributed by atoms with Gasteiger partial charge in [0.05, 0.1) is 0 Å². The van der Waals surface area contributed by atoms with Gasteiger partial charge < -0.3 is 0 Å². The highest BCUT2D eigenvalue weighted by atomic mass is 32.2. The van der Waals surface area contributed by atoms with Crippen LogP contribution in [-0.2, 0) is 10.2 Å². The molecule has 6 heteroatoms. The summed E-state index contributed by atoms with van der Waals surface area (Å²) < 4.78 is 26.3. The molecule has 0 spiro atoms. The summed E-state index contributed by atoms with van der Waals surface area (Å²) in [6, 6.07) is 0.174. The number of thioether (sulfide) groups is 1. The lowest BCUT2D eigenvalue weighted by molar-refractivity contribution is 0.390. The van der Waals surface area contributed by atoms with E-state index in [0.29, 0.717) is 0 Å². The number of nitrogens with one attached hydrogen (secondary N) is 1. The number of rotatable bonds is 3. The first kappa shape index (κ1) is 10.3. The molecule has 4 nitrogen and oxygen atoms in total. The molecule has 0 aromatic heterocycles. The molecule has 0 aliphatic carbocycles. The van der Waals surface area contributed by atoms with E-state index in [-0.39, 0.29) is 6.04 Å². The predicted molar refractivity (Wildman–Crippen MR) is 51.5 cm³/mol. The highest BCUT2D eigenvalue weighted by molar-refractivity contribution is 7.99. The first-order valence-electron chi connectivity index (χ1n) is 3.82. The maximum atomic E-state index is 11.3. The van der Waals surface area contributed by atoms with E-state index in [4.69, 9.17) is 0 Å². The zero-order valence-electron chi connectivity index (χ0n) is 7.28. The summed E-state index contributed by atoms with van der Waals surface area (Å²) in [5, 5.41) is 0. The van der Waals surface area contributed by atoms with Crippen LogP contribution in [0.3, 0.4) is 0 Å². The van der Waals surface area contributed by atoms with Gasteiger partial charge in [-0.05, 0) is 12.2 Å². The molecule has 12 heavy (non-hydrogen) atoms. The van der Waals surface area contributed by atoms with Gasteiger partial charge in [0.25, 0.3) is 10.2 Å². The second-order valence-corrected chi connectivity index (χ2v) is 5.83.